The zero-order valence-electron chi connectivity index (χ0n) is 14.8. The molecule has 9 nitrogen and oxygen atoms in total. The van der Waals surface area contributed by atoms with Crippen LogP contribution >= 0.6 is 15.9 Å². The van der Waals surface area contributed by atoms with Gasteiger partial charge in [0.05, 0.1) is 9.40 Å². The molecule has 0 amide bonds. The van der Waals surface area contributed by atoms with E-state index in [1.807, 2.05) is 19.9 Å². The average Bonchev–Trinajstić information content (AvgIpc) is 2.59. The second kappa shape index (κ2) is 8.09. The summed E-state index contributed by atoms with van der Waals surface area (Å²) >= 11 is 3.18. The molecule has 140 valence electrons. The predicted octanol–water partition coefficient (Wildman–Crippen LogP) is 4.48. The molecule has 0 bridgehead atoms. The highest BCUT2D eigenvalue weighted by atomic mass is 79.9. The molecule has 1 aromatic carbocycles. The molecule has 0 atom stereocenters. The fourth-order valence-corrected chi connectivity index (χ4v) is 2.83. The Bertz CT molecular complexity index is 1040. The number of aromatic hydroxyl groups is 1. The number of non-ortho nitro benzene ring substituents is 1. The molecule has 0 saturated carbocycles. The summed E-state index contributed by atoms with van der Waals surface area (Å²) in [5.41, 5.74) is -0.322. The number of pyridine rings is 1. The van der Waals surface area contributed by atoms with E-state index in [0.29, 0.717) is 4.47 Å². The molecule has 2 aromatic rings. The van der Waals surface area contributed by atoms with Crippen LogP contribution in [0.2, 0.25) is 0 Å². The van der Waals surface area contributed by atoms with Gasteiger partial charge in [0.15, 0.2) is 5.69 Å². The first-order chi connectivity index (χ1) is 12.7. The van der Waals surface area contributed by atoms with E-state index in [9.17, 15) is 25.3 Å². The minimum atomic E-state index is -0.570. The third-order valence-electron chi connectivity index (χ3n) is 3.72. The Labute approximate surface area is 162 Å². The van der Waals surface area contributed by atoms with Gasteiger partial charge in [-0.15, -0.1) is 10.2 Å². The molecule has 27 heavy (non-hydrogen) atoms. The second-order valence-corrected chi connectivity index (χ2v) is 7.04. The highest BCUT2D eigenvalue weighted by molar-refractivity contribution is 9.10. The van der Waals surface area contributed by atoms with Gasteiger partial charge < -0.3 is 5.11 Å². The first-order valence-electron chi connectivity index (χ1n) is 7.89. The van der Waals surface area contributed by atoms with E-state index in [0.717, 1.165) is 4.57 Å². The molecule has 0 saturated heterocycles. The number of aromatic nitrogens is 1. The molecule has 0 aliphatic rings. The van der Waals surface area contributed by atoms with E-state index in [1.165, 1.54) is 25.1 Å². The Morgan fingerprint density at radius 3 is 2.59 bits per heavy atom. The number of rotatable bonds is 5. The van der Waals surface area contributed by atoms with Crippen LogP contribution in [0.3, 0.4) is 0 Å². The van der Waals surface area contributed by atoms with Gasteiger partial charge >= 0.3 is 0 Å². The lowest BCUT2D eigenvalue weighted by Gasteiger charge is -2.14. The Kier molecular flexibility index (Phi) is 6.07. The topological polar surface area (TPSA) is 134 Å². The Hall–Kier alpha value is -3.06. The summed E-state index contributed by atoms with van der Waals surface area (Å²) < 4.78 is 1.43. The van der Waals surface area contributed by atoms with Gasteiger partial charge in [-0.3, -0.25) is 19.5 Å². The SMILES string of the molecule is Cc1c(C#N)c(O)n(CC(C)C)c(=O)c1N=Nc1ccc([N+](=O)[O-])cc1Br. The molecule has 0 radical (unpaired) electrons. The van der Waals surface area contributed by atoms with Crippen molar-refractivity contribution < 1.29 is 10.0 Å². The van der Waals surface area contributed by atoms with Crippen LogP contribution in [-0.2, 0) is 6.54 Å². The lowest BCUT2D eigenvalue weighted by molar-refractivity contribution is -0.384. The molecule has 1 N–H and O–H groups in total. The lowest BCUT2D eigenvalue weighted by Crippen LogP contribution is -2.24. The Morgan fingerprint density at radius 1 is 1.41 bits per heavy atom. The third kappa shape index (κ3) is 4.20. The number of benzene rings is 1. The maximum absolute atomic E-state index is 12.7. The van der Waals surface area contributed by atoms with E-state index in [1.54, 1.807) is 0 Å². The summed E-state index contributed by atoms with van der Waals surface area (Å²) in [5, 5.41) is 38.3. The summed E-state index contributed by atoms with van der Waals surface area (Å²) in [6.45, 7) is 5.45. The van der Waals surface area contributed by atoms with E-state index in [2.05, 4.69) is 26.2 Å². The molecule has 2 rings (SSSR count). The van der Waals surface area contributed by atoms with Crippen LogP contribution in [-0.4, -0.2) is 14.6 Å². The quantitative estimate of drug-likeness (QED) is 0.421. The highest BCUT2D eigenvalue weighted by Crippen LogP contribution is 2.32. The molecule has 1 aromatic heterocycles. The van der Waals surface area contributed by atoms with Crippen LogP contribution in [0.1, 0.15) is 25.0 Å². The molecule has 0 fully saturated rings. The van der Waals surface area contributed by atoms with Gasteiger partial charge in [0.1, 0.15) is 17.3 Å². The zero-order chi connectivity index (χ0) is 20.3. The molecule has 0 aliphatic carbocycles. The van der Waals surface area contributed by atoms with Crippen LogP contribution in [0.4, 0.5) is 17.1 Å². The summed E-state index contributed by atoms with van der Waals surface area (Å²) in [5.74, 6) is -0.347. The summed E-state index contributed by atoms with van der Waals surface area (Å²) in [4.78, 5) is 23.0. The number of nitrogens with zero attached hydrogens (tertiary/aromatic N) is 5. The van der Waals surface area contributed by atoms with Gasteiger partial charge in [-0.05, 0) is 34.8 Å². The number of hydrogen-bond acceptors (Lipinski definition) is 7. The van der Waals surface area contributed by atoms with Crippen molar-refractivity contribution >= 4 is 33.0 Å². The number of azo groups is 1. The number of hydrogen-bond donors (Lipinski definition) is 1. The van der Waals surface area contributed by atoms with E-state index in [-0.39, 0.29) is 40.7 Å². The van der Waals surface area contributed by atoms with Gasteiger partial charge in [0.2, 0.25) is 5.88 Å². The minimum Gasteiger partial charge on any atom is -0.493 e. The molecule has 0 spiro atoms. The first kappa shape index (κ1) is 20.3. The Morgan fingerprint density at radius 2 is 2.07 bits per heavy atom. The molecule has 0 aliphatic heterocycles. The van der Waals surface area contributed by atoms with E-state index < -0.39 is 16.4 Å². The van der Waals surface area contributed by atoms with Gasteiger partial charge in [-0.25, -0.2) is 0 Å². The zero-order valence-corrected chi connectivity index (χ0v) is 16.4. The van der Waals surface area contributed by atoms with Crippen LogP contribution in [0.15, 0.2) is 37.7 Å². The number of nitro groups is 1. The molecule has 10 heteroatoms. The third-order valence-corrected chi connectivity index (χ3v) is 4.35. The van der Waals surface area contributed by atoms with E-state index in [4.69, 9.17) is 0 Å². The molecule has 0 unspecified atom stereocenters. The monoisotopic (exact) mass is 433 g/mol. The number of nitro benzene ring substituents is 1. The van der Waals surface area contributed by atoms with Gasteiger partial charge in [-0.2, -0.15) is 5.26 Å². The second-order valence-electron chi connectivity index (χ2n) is 6.19. The van der Waals surface area contributed by atoms with Gasteiger partial charge in [-0.1, -0.05) is 13.8 Å². The van der Waals surface area contributed by atoms with Gasteiger partial charge in [0, 0.05) is 24.2 Å². The average molecular weight is 434 g/mol. The lowest BCUT2D eigenvalue weighted by atomic mass is 10.1. The molecular formula is C17H16BrN5O4. The van der Waals surface area contributed by atoms with E-state index >= 15 is 0 Å². The summed E-state index contributed by atoms with van der Waals surface area (Å²) in [6, 6.07) is 5.80. The van der Waals surface area contributed by atoms with Crippen molar-refractivity contribution in [2.75, 3.05) is 0 Å². The van der Waals surface area contributed by atoms with Crippen molar-refractivity contribution in [3.63, 3.8) is 0 Å². The molecule has 1 heterocycles. The summed E-state index contributed by atoms with van der Waals surface area (Å²) in [6.07, 6.45) is 0. The maximum atomic E-state index is 12.7. The van der Waals surface area contributed by atoms with Gasteiger partial charge in [0.25, 0.3) is 11.2 Å². The van der Waals surface area contributed by atoms with Crippen molar-refractivity contribution in [1.29, 1.82) is 5.26 Å². The normalized spacial score (nSPS) is 11.1. The maximum Gasteiger partial charge on any atom is 0.281 e. The van der Waals surface area contributed by atoms with Crippen molar-refractivity contribution in [3.8, 4) is 11.9 Å². The van der Waals surface area contributed by atoms with Crippen molar-refractivity contribution in [2.24, 2.45) is 16.1 Å². The van der Waals surface area contributed by atoms with Crippen molar-refractivity contribution in [1.82, 2.24) is 4.57 Å². The van der Waals surface area contributed by atoms with Crippen LogP contribution in [0, 0.1) is 34.3 Å². The predicted molar refractivity (Wildman–Crippen MR) is 102 cm³/mol. The number of halogens is 1. The minimum absolute atomic E-state index is 0.0491. The van der Waals surface area contributed by atoms with Crippen LogP contribution in [0.5, 0.6) is 5.88 Å². The summed E-state index contributed by atoms with van der Waals surface area (Å²) in [7, 11) is 0. The largest absolute Gasteiger partial charge is 0.493 e. The Balaban J connectivity index is 2.59. The van der Waals surface area contributed by atoms with Crippen LogP contribution < -0.4 is 5.56 Å². The van der Waals surface area contributed by atoms with Crippen molar-refractivity contribution in [2.45, 2.75) is 27.3 Å². The van der Waals surface area contributed by atoms with Crippen molar-refractivity contribution in [3.05, 3.63) is 54.3 Å². The highest BCUT2D eigenvalue weighted by Gasteiger charge is 2.20. The molecular weight excluding hydrogens is 418 g/mol. The first-order valence-corrected chi connectivity index (χ1v) is 8.68. The smallest absolute Gasteiger partial charge is 0.281 e. The fourth-order valence-electron chi connectivity index (χ4n) is 2.39. The van der Waals surface area contributed by atoms with Crippen LogP contribution in [0.25, 0.3) is 0 Å². The fraction of sp³-hybridized carbons (Fsp3) is 0.294. The number of nitriles is 1. The standard InChI is InChI=1S/C17H16BrN5O4/c1-9(2)8-22-16(24)12(7-19)10(3)15(17(22)25)21-20-14-5-4-11(23(26)27)6-13(14)18/h4-6,9,24H,8H2,1-3H3.